The zero-order valence-electron chi connectivity index (χ0n) is 16.8. The Morgan fingerprint density at radius 2 is 1.48 bits per heavy atom. The van der Waals surface area contributed by atoms with Crippen LogP contribution in [0.2, 0.25) is 0 Å². The van der Waals surface area contributed by atoms with Crippen molar-refractivity contribution < 1.29 is 27.4 Å². The molecule has 0 aliphatic rings. The highest BCUT2D eigenvalue weighted by Gasteiger charge is 2.41. The Morgan fingerprint density at radius 1 is 0.806 bits per heavy atom. The molecule has 0 N–H and O–H groups in total. The van der Waals surface area contributed by atoms with Crippen molar-refractivity contribution in [1.82, 2.24) is 0 Å². The standard InChI is InChI=1S/C24H22BrF3O3/c1-2-29-19-13-11-17(12-14-19)22(24(26,27)28)16-30-23(25)18-7-6-10-21(15-18)31-20-8-4-3-5-9-20/h3-15,22-23H,2,16H2,1H3. The van der Waals surface area contributed by atoms with Gasteiger partial charge in [-0.2, -0.15) is 13.2 Å². The Kier molecular flexibility index (Phi) is 7.98. The van der Waals surface area contributed by atoms with Crippen molar-refractivity contribution in [3.05, 3.63) is 90.0 Å². The highest BCUT2D eigenvalue weighted by molar-refractivity contribution is 9.09. The second-order valence-corrected chi connectivity index (χ2v) is 7.56. The van der Waals surface area contributed by atoms with Gasteiger partial charge in [0.05, 0.1) is 13.2 Å². The van der Waals surface area contributed by atoms with E-state index in [2.05, 4.69) is 15.9 Å². The Hall–Kier alpha value is -2.51. The van der Waals surface area contributed by atoms with E-state index in [1.807, 2.05) is 37.3 Å². The largest absolute Gasteiger partial charge is 0.494 e. The van der Waals surface area contributed by atoms with Gasteiger partial charge in [-0.15, -0.1) is 0 Å². The molecule has 0 bridgehead atoms. The summed E-state index contributed by atoms with van der Waals surface area (Å²) in [5, 5.41) is -0.723. The summed E-state index contributed by atoms with van der Waals surface area (Å²) in [6, 6.07) is 22.2. The average molecular weight is 495 g/mol. The zero-order chi connectivity index (χ0) is 22.3. The molecule has 0 fully saturated rings. The summed E-state index contributed by atoms with van der Waals surface area (Å²) in [4.78, 5) is 0. The van der Waals surface area contributed by atoms with Crippen LogP contribution in [0.15, 0.2) is 78.9 Å². The minimum Gasteiger partial charge on any atom is -0.494 e. The van der Waals surface area contributed by atoms with Gasteiger partial charge < -0.3 is 14.2 Å². The molecule has 0 aliphatic heterocycles. The summed E-state index contributed by atoms with van der Waals surface area (Å²) in [5.41, 5.74) is 0.776. The van der Waals surface area contributed by atoms with E-state index in [0.717, 1.165) is 0 Å². The molecule has 0 saturated heterocycles. The molecule has 3 nitrogen and oxygen atoms in total. The fourth-order valence-electron chi connectivity index (χ4n) is 2.96. The molecule has 2 atom stereocenters. The summed E-state index contributed by atoms with van der Waals surface area (Å²) in [7, 11) is 0. The Morgan fingerprint density at radius 3 is 2.13 bits per heavy atom. The number of hydrogen-bond donors (Lipinski definition) is 0. The van der Waals surface area contributed by atoms with Crippen molar-refractivity contribution in [3.8, 4) is 17.2 Å². The lowest BCUT2D eigenvalue weighted by Crippen LogP contribution is -2.25. The van der Waals surface area contributed by atoms with Gasteiger partial charge in [-0.1, -0.05) is 58.4 Å². The maximum Gasteiger partial charge on any atom is 0.397 e. The number of hydrogen-bond acceptors (Lipinski definition) is 3. The van der Waals surface area contributed by atoms with Crippen LogP contribution < -0.4 is 9.47 Å². The van der Waals surface area contributed by atoms with Crippen LogP contribution >= 0.6 is 15.9 Å². The van der Waals surface area contributed by atoms with Crippen molar-refractivity contribution in [3.63, 3.8) is 0 Å². The van der Waals surface area contributed by atoms with Crippen LogP contribution in [0.3, 0.4) is 0 Å². The van der Waals surface area contributed by atoms with Crippen molar-refractivity contribution in [2.45, 2.75) is 24.0 Å². The lowest BCUT2D eigenvalue weighted by atomic mass is 9.99. The molecule has 0 aliphatic carbocycles. The molecular weight excluding hydrogens is 473 g/mol. The minimum atomic E-state index is -4.45. The number of para-hydroxylation sites is 1. The van der Waals surface area contributed by atoms with Gasteiger partial charge in [0.15, 0.2) is 0 Å². The van der Waals surface area contributed by atoms with Crippen LogP contribution in [-0.2, 0) is 4.74 Å². The maximum atomic E-state index is 13.7. The predicted octanol–water partition coefficient (Wildman–Crippen LogP) is 7.63. The van der Waals surface area contributed by atoms with Crippen molar-refractivity contribution >= 4 is 15.9 Å². The Bertz CT molecular complexity index is 946. The van der Waals surface area contributed by atoms with Crippen LogP contribution in [0, 0.1) is 0 Å². The van der Waals surface area contributed by atoms with Crippen LogP contribution in [0.4, 0.5) is 13.2 Å². The quantitative estimate of drug-likeness (QED) is 0.286. The summed E-state index contributed by atoms with van der Waals surface area (Å²) < 4.78 is 57.7. The van der Waals surface area contributed by atoms with Crippen molar-refractivity contribution in [2.24, 2.45) is 0 Å². The first kappa shape index (κ1) is 23.2. The van der Waals surface area contributed by atoms with Gasteiger partial charge >= 0.3 is 6.18 Å². The molecule has 0 saturated carbocycles. The number of alkyl halides is 4. The summed E-state index contributed by atoms with van der Waals surface area (Å²) in [5.74, 6) is 0.00336. The summed E-state index contributed by atoms with van der Waals surface area (Å²) in [6.45, 7) is 1.73. The van der Waals surface area contributed by atoms with E-state index in [4.69, 9.17) is 14.2 Å². The van der Waals surface area contributed by atoms with E-state index in [9.17, 15) is 13.2 Å². The van der Waals surface area contributed by atoms with E-state index in [0.29, 0.717) is 29.4 Å². The Labute approximate surface area is 187 Å². The fraction of sp³-hybridized carbons (Fsp3) is 0.250. The van der Waals surface area contributed by atoms with Gasteiger partial charge in [0.25, 0.3) is 0 Å². The lowest BCUT2D eigenvalue weighted by molar-refractivity contribution is -0.163. The van der Waals surface area contributed by atoms with Gasteiger partial charge in [0, 0.05) is 0 Å². The van der Waals surface area contributed by atoms with Gasteiger partial charge in [0.1, 0.15) is 28.2 Å². The molecule has 3 rings (SSSR count). The van der Waals surface area contributed by atoms with Gasteiger partial charge in [-0.05, 0) is 54.4 Å². The molecule has 3 aromatic carbocycles. The lowest BCUT2D eigenvalue weighted by Gasteiger charge is -2.23. The summed E-state index contributed by atoms with van der Waals surface area (Å²) >= 11 is 3.34. The molecular formula is C24H22BrF3O3. The third-order valence-corrected chi connectivity index (χ3v) is 5.29. The smallest absolute Gasteiger partial charge is 0.397 e. The predicted molar refractivity (Wildman–Crippen MR) is 117 cm³/mol. The third kappa shape index (κ3) is 6.74. The number of halogens is 4. The number of benzene rings is 3. The highest BCUT2D eigenvalue weighted by Crippen LogP contribution is 2.38. The first-order valence-electron chi connectivity index (χ1n) is 9.75. The molecule has 0 amide bonds. The van der Waals surface area contributed by atoms with Crippen LogP contribution in [-0.4, -0.2) is 19.4 Å². The molecule has 164 valence electrons. The minimum absolute atomic E-state index is 0.122. The summed E-state index contributed by atoms with van der Waals surface area (Å²) in [6.07, 6.45) is -4.45. The monoisotopic (exact) mass is 494 g/mol. The van der Waals surface area contributed by atoms with Crippen molar-refractivity contribution in [1.29, 1.82) is 0 Å². The topological polar surface area (TPSA) is 27.7 Å². The normalized spacial score (nSPS) is 13.5. The second kappa shape index (κ2) is 10.7. The SMILES string of the molecule is CCOc1ccc(C(COC(Br)c2cccc(Oc3ccccc3)c2)C(F)(F)F)cc1. The van der Waals surface area contributed by atoms with Crippen molar-refractivity contribution in [2.75, 3.05) is 13.2 Å². The molecule has 31 heavy (non-hydrogen) atoms. The first-order chi connectivity index (χ1) is 14.9. The van der Waals surface area contributed by atoms with Crippen LogP contribution in [0.5, 0.6) is 17.2 Å². The van der Waals surface area contributed by atoms with E-state index in [1.54, 1.807) is 24.3 Å². The van der Waals surface area contributed by atoms with Gasteiger partial charge in [-0.25, -0.2) is 0 Å². The first-order valence-corrected chi connectivity index (χ1v) is 10.7. The molecule has 0 radical (unpaired) electrons. The second-order valence-electron chi connectivity index (χ2n) is 6.73. The third-order valence-electron chi connectivity index (χ3n) is 4.50. The fourth-order valence-corrected chi connectivity index (χ4v) is 3.40. The van der Waals surface area contributed by atoms with Gasteiger partial charge in [0.2, 0.25) is 0 Å². The molecule has 0 heterocycles. The van der Waals surface area contributed by atoms with Crippen LogP contribution in [0.1, 0.15) is 29.0 Å². The van der Waals surface area contributed by atoms with E-state index in [-0.39, 0.29) is 5.56 Å². The maximum absolute atomic E-state index is 13.7. The molecule has 3 aromatic rings. The Balaban J connectivity index is 1.68. The number of ether oxygens (including phenoxy) is 3. The molecule has 7 heteroatoms. The van der Waals surface area contributed by atoms with E-state index in [1.165, 1.54) is 24.3 Å². The average Bonchev–Trinajstić information content (AvgIpc) is 2.75. The molecule has 2 unspecified atom stereocenters. The van der Waals surface area contributed by atoms with Crippen LogP contribution in [0.25, 0.3) is 0 Å². The highest BCUT2D eigenvalue weighted by atomic mass is 79.9. The number of rotatable bonds is 9. The van der Waals surface area contributed by atoms with E-state index < -0.39 is 23.7 Å². The zero-order valence-corrected chi connectivity index (χ0v) is 18.4. The van der Waals surface area contributed by atoms with Gasteiger partial charge in [-0.3, -0.25) is 0 Å². The van der Waals surface area contributed by atoms with E-state index >= 15 is 0 Å². The molecule has 0 spiro atoms. The molecule has 0 aromatic heterocycles.